The van der Waals surface area contributed by atoms with Crippen molar-refractivity contribution in [3.8, 4) is 0 Å². The molecule has 2 aliphatic rings. The van der Waals surface area contributed by atoms with Gasteiger partial charge in [0.05, 0.1) is 26.5 Å². The van der Waals surface area contributed by atoms with Crippen LogP contribution in [0, 0.1) is 5.92 Å². The molecule has 218 valence electrons. The van der Waals surface area contributed by atoms with Crippen LogP contribution in [0.2, 0.25) is 10.0 Å². The third-order valence-electron chi connectivity index (χ3n) is 7.68. The number of aromatic nitrogens is 5. The molecule has 2 atom stereocenters. The van der Waals surface area contributed by atoms with Crippen molar-refractivity contribution in [3.63, 3.8) is 0 Å². The van der Waals surface area contributed by atoms with Gasteiger partial charge in [0.2, 0.25) is 0 Å². The molecule has 2 fully saturated rings. The van der Waals surface area contributed by atoms with E-state index >= 15 is 0 Å². The first-order valence-electron chi connectivity index (χ1n) is 14.0. The number of H-pyrrole nitrogens is 1. The molecule has 1 aromatic carbocycles. The summed E-state index contributed by atoms with van der Waals surface area (Å²) in [7, 11) is 2.26. The average molecular weight is 623 g/mol. The van der Waals surface area contributed by atoms with Crippen LogP contribution in [0.1, 0.15) is 56.8 Å². The van der Waals surface area contributed by atoms with Gasteiger partial charge in [0.1, 0.15) is 23.6 Å². The first-order valence-corrected chi connectivity index (χ1v) is 16.6. The molecule has 0 radical (unpaired) electrons. The smallest absolute Gasteiger partial charge is 0.145 e. The number of hydrogen-bond acceptors (Lipinski definition) is 7. The Kier molecular flexibility index (Phi) is 11.7. The van der Waals surface area contributed by atoms with Gasteiger partial charge in [-0.1, -0.05) is 23.2 Å². The van der Waals surface area contributed by atoms with E-state index in [1.165, 1.54) is 32.1 Å². The number of rotatable bonds is 10. The van der Waals surface area contributed by atoms with Gasteiger partial charge in [-0.05, 0) is 95.2 Å². The van der Waals surface area contributed by atoms with Gasteiger partial charge in [0, 0.05) is 31.2 Å². The van der Waals surface area contributed by atoms with E-state index in [1.807, 2.05) is 12.1 Å². The Morgan fingerprint density at radius 2 is 1.82 bits per heavy atom. The van der Waals surface area contributed by atoms with Crippen molar-refractivity contribution in [2.45, 2.75) is 63.5 Å². The van der Waals surface area contributed by atoms with Crippen molar-refractivity contribution < 1.29 is 0 Å². The first-order chi connectivity index (χ1) is 19.5. The van der Waals surface area contributed by atoms with E-state index in [0.29, 0.717) is 22.1 Å². The summed E-state index contributed by atoms with van der Waals surface area (Å²) in [5, 5.41) is 5.82. The topological polar surface area (TPSA) is 74.7 Å². The molecule has 3 aromatic heterocycles. The number of hydrogen-bond donors (Lipinski definition) is 4. The SMILES string of the molecule is CN(CCCCc1nc2cc(Cl)c(Cl)cc2[nH]1)C[C@@H]1CC[C@H](n2ccc3c(NC4CC4)ncnc32)C1.CS.CS. The summed E-state index contributed by atoms with van der Waals surface area (Å²) < 4.78 is 2.39. The van der Waals surface area contributed by atoms with Gasteiger partial charge < -0.3 is 19.8 Å². The van der Waals surface area contributed by atoms with Crippen LogP contribution in [0.4, 0.5) is 5.82 Å². The van der Waals surface area contributed by atoms with E-state index in [4.69, 9.17) is 23.2 Å². The number of thiol groups is 2. The maximum Gasteiger partial charge on any atom is 0.145 e. The molecule has 0 bridgehead atoms. The van der Waals surface area contributed by atoms with Gasteiger partial charge in [0.25, 0.3) is 0 Å². The number of aryl methyl sites for hydroxylation is 1. The lowest BCUT2D eigenvalue weighted by atomic mass is 10.1. The van der Waals surface area contributed by atoms with Crippen molar-refractivity contribution in [2.24, 2.45) is 5.92 Å². The second-order valence-corrected chi connectivity index (χ2v) is 11.4. The predicted molar refractivity (Wildman–Crippen MR) is 177 cm³/mol. The Hall–Kier alpha value is -1.65. The predicted octanol–water partition coefficient (Wildman–Crippen LogP) is 7.58. The summed E-state index contributed by atoms with van der Waals surface area (Å²) in [4.78, 5) is 19.7. The highest BCUT2D eigenvalue weighted by molar-refractivity contribution is 7.79. The molecule has 3 heterocycles. The largest absolute Gasteiger partial charge is 0.367 e. The number of imidazole rings is 1. The standard InChI is InChI=1S/C27H33Cl2N7.2CH4S/c1-35(10-3-2-4-25-33-23-13-21(28)22(29)14-24(23)34-25)15-17-5-8-19(12-17)36-11-9-20-26(32-18-6-7-18)30-16-31-27(20)36;2*1-2/h9,11,13-14,16-19H,2-8,10,12,15H2,1H3,(H,33,34)(H,30,31,32);2*2H,1H3/t17-,19+;;/m1../s1. The lowest BCUT2D eigenvalue weighted by Crippen LogP contribution is -2.26. The fourth-order valence-electron chi connectivity index (χ4n) is 5.65. The number of nitrogens with one attached hydrogen (secondary N) is 2. The summed E-state index contributed by atoms with van der Waals surface area (Å²) >= 11 is 19.3. The molecular formula is C29H41Cl2N7S2. The van der Waals surface area contributed by atoms with E-state index in [0.717, 1.165) is 72.0 Å². The summed E-state index contributed by atoms with van der Waals surface area (Å²) in [6.07, 6.45) is 16.7. The highest BCUT2D eigenvalue weighted by atomic mass is 35.5. The molecule has 7 nitrogen and oxygen atoms in total. The quantitative estimate of drug-likeness (QED) is 0.108. The van der Waals surface area contributed by atoms with Gasteiger partial charge >= 0.3 is 0 Å². The van der Waals surface area contributed by atoms with Crippen LogP contribution in [0.15, 0.2) is 30.7 Å². The zero-order chi connectivity index (χ0) is 28.6. The molecule has 0 saturated heterocycles. The minimum Gasteiger partial charge on any atom is -0.367 e. The molecule has 0 amide bonds. The van der Waals surface area contributed by atoms with Gasteiger partial charge in [-0.25, -0.2) is 15.0 Å². The summed E-state index contributed by atoms with van der Waals surface area (Å²) in [5.41, 5.74) is 2.90. The Labute approximate surface area is 258 Å². The van der Waals surface area contributed by atoms with Gasteiger partial charge in [-0.15, -0.1) is 0 Å². The molecular weight excluding hydrogens is 581 g/mol. The number of nitrogens with zero attached hydrogens (tertiary/aromatic N) is 5. The Morgan fingerprint density at radius 1 is 1.05 bits per heavy atom. The summed E-state index contributed by atoms with van der Waals surface area (Å²) in [6.45, 7) is 2.26. The van der Waals surface area contributed by atoms with Crippen molar-refractivity contribution >= 4 is 76.3 Å². The fraction of sp³-hybridized carbons (Fsp3) is 0.552. The minimum atomic E-state index is 0.527. The first kappa shape index (κ1) is 31.3. The number of fused-ring (bicyclic) bond motifs is 2. The van der Waals surface area contributed by atoms with E-state index in [2.05, 4.69) is 79.3 Å². The Bertz CT molecular complexity index is 1330. The average Bonchev–Trinajstić information content (AvgIpc) is 3.32. The number of anilines is 1. The molecule has 2 N–H and O–H groups in total. The third kappa shape index (κ3) is 7.79. The lowest BCUT2D eigenvalue weighted by molar-refractivity contribution is 0.269. The summed E-state index contributed by atoms with van der Waals surface area (Å²) in [5.74, 6) is 2.72. The van der Waals surface area contributed by atoms with Crippen LogP contribution < -0.4 is 5.32 Å². The van der Waals surface area contributed by atoms with E-state index in [9.17, 15) is 0 Å². The number of halogens is 2. The van der Waals surface area contributed by atoms with E-state index < -0.39 is 0 Å². The Balaban J connectivity index is 0.000000886. The Morgan fingerprint density at radius 3 is 2.60 bits per heavy atom. The monoisotopic (exact) mass is 621 g/mol. The number of unbranched alkanes of at least 4 members (excludes halogenated alkanes) is 1. The lowest BCUT2D eigenvalue weighted by Gasteiger charge is -2.21. The second-order valence-electron chi connectivity index (χ2n) is 10.6. The fourth-order valence-corrected chi connectivity index (χ4v) is 5.97. The zero-order valence-electron chi connectivity index (χ0n) is 23.6. The highest BCUT2D eigenvalue weighted by Crippen LogP contribution is 2.38. The van der Waals surface area contributed by atoms with Crippen molar-refractivity contribution in [2.75, 3.05) is 38.0 Å². The summed E-state index contributed by atoms with van der Waals surface area (Å²) in [6, 6.07) is 6.99. The van der Waals surface area contributed by atoms with E-state index in [-0.39, 0.29) is 0 Å². The van der Waals surface area contributed by atoms with Crippen molar-refractivity contribution in [1.29, 1.82) is 0 Å². The van der Waals surface area contributed by atoms with Gasteiger partial charge in [-0.2, -0.15) is 25.3 Å². The molecule has 0 aliphatic heterocycles. The van der Waals surface area contributed by atoms with Crippen LogP contribution in [-0.2, 0) is 6.42 Å². The normalized spacial score (nSPS) is 18.5. The maximum atomic E-state index is 6.12. The van der Waals surface area contributed by atoms with Crippen molar-refractivity contribution in [1.82, 2.24) is 29.4 Å². The van der Waals surface area contributed by atoms with Crippen LogP contribution in [0.3, 0.4) is 0 Å². The third-order valence-corrected chi connectivity index (χ3v) is 8.40. The van der Waals surface area contributed by atoms with Crippen LogP contribution in [0.5, 0.6) is 0 Å². The van der Waals surface area contributed by atoms with Crippen LogP contribution in [0.25, 0.3) is 22.1 Å². The highest BCUT2D eigenvalue weighted by Gasteiger charge is 2.28. The molecule has 11 heteroatoms. The van der Waals surface area contributed by atoms with Gasteiger partial charge in [-0.3, -0.25) is 0 Å². The van der Waals surface area contributed by atoms with E-state index in [1.54, 1.807) is 18.8 Å². The van der Waals surface area contributed by atoms with Crippen LogP contribution in [-0.4, -0.2) is 68.1 Å². The molecule has 6 rings (SSSR count). The zero-order valence-corrected chi connectivity index (χ0v) is 26.9. The maximum absolute atomic E-state index is 6.12. The molecule has 0 unspecified atom stereocenters. The molecule has 4 aromatic rings. The van der Waals surface area contributed by atoms with Crippen molar-refractivity contribution in [3.05, 3.63) is 46.6 Å². The number of aromatic amines is 1. The second kappa shape index (κ2) is 15.0. The minimum absolute atomic E-state index is 0.527. The molecule has 2 aliphatic carbocycles. The van der Waals surface area contributed by atoms with Gasteiger partial charge in [0.15, 0.2) is 0 Å². The number of benzene rings is 1. The molecule has 2 saturated carbocycles. The molecule has 0 spiro atoms. The van der Waals surface area contributed by atoms with Crippen LogP contribution >= 0.6 is 48.5 Å². The molecule has 40 heavy (non-hydrogen) atoms.